The van der Waals surface area contributed by atoms with Gasteiger partial charge in [-0.05, 0) is 59.1 Å². The number of carbonyl (C=O) groups is 2. The average Bonchev–Trinajstić information content (AvgIpc) is 3.00. The minimum Gasteiger partial charge on any atom is -0.367 e. The SMILES string of the molecule is C[C@@H]1CN(c2cc(F)c(C3=CCN(c4ncc(CN(C)C)cn4)CC3)cc2NC(=O)C2CNC(=O)CC2C(F)(F)F)C[C@H](C)N1C. The average molecular weight is 647 g/mol. The molecule has 0 aliphatic carbocycles. The molecule has 0 bridgehead atoms. The number of piperazine rings is 1. The standard InChI is InChI=1S/C32H42F4N8O2/c1-19-16-44(17-20(2)42(19)5)28-12-26(33)23(10-27(28)40-30(46)24-15-37-29(45)11-25(24)32(34,35)36)22-6-8-43(9-7-22)31-38-13-21(14-39-31)18-41(3)4/h6,10,12-14,19-20,24-25H,7-9,11,15-18H2,1-5H3,(H,37,45)(H,40,46)/t19-,20+,24?,25?. The van der Waals surface area contributed by atoms with Crippen LogP contribution in [0.15, 0.2) is 30.6 Å². The van der Waals surface area contributed by atoms with Crippen molar-refractivity contribution in [1.29, 1.82) is 0 Å². The van der Waals surface area contributed by atoms with E-state index in [1.165, 1.54) is 12.1 Å². The molecule has 2 saturated heterocycles. The third-order valence-corrected chi connectivity index (χ3v) is 9.24. The van der Waals surface area contributed by atoms with E-state index in [-0.39, 0.29) is 23.3 Å². The number of nitrogens with zero attached hydrogens (tertiary/aromatic N) is 6. The van der Waals surface area contributed by atoms with Crippen molar-refractivity contribution in [2.75, 3.05) is 69.0 Å². The second-order valence-corrected chi connectivity index (χ2v) is 12.9. The number of hydrogen-bond acceptors (Lipinski definition) is 8. The predicted octanol–water partition coefficient (Wildman–Crippen LogP) is 3.75. The van der Waals surface area contributed by atoms with Crippen LogP contribution in [0.2, 0.25) is 0 Å². The smallest absolute Gasteiger partial charge is 0.367 e. The maximum absolute atomic E-state index is 15.9. The third kappa shape index (κ3) is 7.43. The Hall–Kier alpha value is -3.78. The minimum absolute atomic E-state index is 0.115. The van der Waals surface area contributed by atoms with Crippen LogP contribution in [0.25, 0.3) is 5.57 Å². The van der Waals surface area contributed by atoms with Gasteiger partial charge in [0.1, 0.15) is 5.82 Å². The fourth-order valence-corrected chi connectivity index (χ4v) is 6.45. The molecule has 1 aromatic heterocycles. The normalized spacial score (nSPS) is 24.6. The van der Waals surface area contributed by atoms with Crippen LogP contribution < -0.4 is 20.4 Å². The summed E-state index contributed by atoms with van der Waals surface area (Å²) in [6.45, 7) is 6.43. The molecule has 0 spiro atoms. The summed E-state index contributed by atoms with van der Waals surface area (Å²) in [6.07, 6.45) is 0.392. The number of likely N-dealkylation sites (N-methyl/N-ethyl adjacent to an activating group) is 1. The molecule has 4 heterocycles. The van der Waals surface area contributed by atoms with Crippen LogP contribution in [-0.4, -0.2) is 104 Å². The molecule has 0 saturated carbocycles. The van der Waals surface area contributed by atoms with E-state index in [2.05, 4.69) is 25.5 Å². The molecular formula is C32H42F4N8O2. The van der Waals surface area contributed by atoms with Gasteiger partial charge in [0.25, 0.3) is 0 Å². The summed E-state index contributed by atoms with van der Waals surface area (Å²) in [6, 6.07) is 3.14. The zero-order chi connectivity index (χ0) is 33.3. The van der Waals surface area contributed by atoms with Gasteiger partial charge in [-0.1, -0.05) is 6.08 Å². The fraction of sp³-hybridized carbons (Fsp3) is 0.562. The second-order valence-electron chi connectivity index (χ2n) is 12.9. The Balaban J connectivity index is 1.43. The van der Waals surface area contributed by atoms with Gasteiger partial charge in [0, 0.05) is 81.3 Å². The molecule has 4 atom stereocenters. The molecule has 2 N–H and O–H groups in total. The molecule has 2 fully saturated rings. The topological polar surface area (TPSA) is 96.9 Å². The first-order chi connectivity index (χ1) is 21.7. The van der Waals surface area contributed by atoms with Crippen LogP contribution >= 0.6 is 0 Å². The number of hydrogen-bond donors (Lipinski definition) is 2. The van der Waals surface area contributed by atoms with E-state index < -0.39 is 48.6 Å². The quantitative estimate of drug-likeness (QED) is 0.440. The van der Waals surface area contributed by atoms with Crippen LogP contribution in [-0.2, 0) is 16.1 Å². The number of aromatic nitrogens is 2. The van der Waals surface area contributed by atoms with Crippen LogP contribution in [0.3, 0.4) is 0 Å². The van der Waals surface area contributed by atoms with Gasteiger partial charge in [0.05, 0.1) is 23.2 Å². The van der Waals surface area contributed by atoms with Gasteiger partial charge in [-0.3, -0.25) is 14.5 Å². The largest absolute Gasteiger partial charge is 0.393 e. The Morgan fingerprint density at radius 2 is 1.78 bits per heavy atom. The minimum atomic E-state index is -4.73. The molecule has 5 rings (SSSR count). The van der Waals surface area contributed by atoms with Gasteiger partial charge < -0.3 is 25.3 Å². The summed E-state index contributed by atoms with van der Waals surface area (Å²) in [7, 11) is 5.94. The molecule has 0 radical (unpaired) electrons. The lowest BCUT2D eigenvalue weighted by Gasteiger charge is -2.44. The number of benzene rings is 1. The van der Waals surface area contributed by atoms with Crippen molar-refractivity contribution >= 4 is 34.7 Å². The highest BCUT2D eigenvalue weighted by molar-refractivity contribution is 5.98. The second kappa shape index (κ2) is 13.5. The highest BCUT2D eigenvalue weighted by Crippen LogP contribution is 2.39. The Kier molecular flexibility index (Phi) is 9.87. The Morgan fingerprint density at radius 1 is 1.11 bits per heavy atom. The Labute approximate surface area is 266 Å². The zero-order valence-electron chi connectivity index (χ0n) is 26.9. The van der Waals surface area contributed by atoms with Crippen molar-refractivity contribution in [2.24, 2.45) is 11.8 Å². The van der Waals surface area contributed by atoms with Crippen molar-refractivity contribution in [2.45, 2.75) is 51.5 Å². The van der Waals surface area contributed by atoms with Crippen molar-refractivity contribution < 1.29 is 27.2 Å². The van der Waals surface area contributed by atoms with E-state index in [0.29, 0.717) is 44.2 Å². The summed E-state index contributed by atoms with van der Waals surface area (Å²) in [5.74, 6) is -5.15. The van der Waals surface area contributed by atoms with E-state index in [4.69, 9.17) is 0 Å². The molecule has 1 aromatic carbocycles. The lowest BCUT2D eigenvalue weighted by molar-refractivity contribution is -0.197. The highest BCUT2D eigenvalue weighted by atomic mass is 19.4. The molecule has 10 nitrogen and oxygen atoms in total. The zero-order valence-corrected chi connectivity index (χ0v) is 26.9. The summed E-state index contributed by atoms with van der Waals surface area (Å²) in [5.41, 5.74) is 2.64. The third-order valence-electron chi connectivity index (χ3n) is 9.24. The maximum atomic E-state index is 15.9. The van der Waals surface area contributed by atoms with E-state index in [1.807, 2.05) is 55.8 Å². The molecule has 3 aliphatic rings. The Bertz CT molecular complexity index is 1450. The number of amides is 2. The lowest BCUT2D eigenvalue weighted by atomic mass is 9.84. The molecule has 14 heteroatoms. The van der Waals surface area contributed by atoms with E-state index in [9.17, 15) is 22.8 Å². The molecular weight excluding hydrogens is 604 g/mol. The van der Waals surface area contributed by atoms with Crippen LogP contribution in [0.1, 0.15) is 37.8 Å². The van der Waals surface area contributed by atoms with Gasteiger partial charge >= 0.3 is 6.18 Å². The summed E-state index contributed by atoms with van der Waals surface area (Å²) >= 11 is 0. The molecule has 2 amide bonds. The number of carbonyl (C=O) groups excluding carboxylic acids is 2. The van der Waals surface area contributed by atoms with Gasteiger partial charge in [0.15, 0.2) is 0 Å². The number of piperidine rings is 1. The van der Waals surface area contributed by atoms with E-state index in [0.717, 1.165) is 17.7 Å². The first kappa shape index (κ1) is 33.6. The fourth-order valence-electron chi connectivity index (χ4n) is 6.45. The molecule has 46 heavy (non-hydrogen) atoms. The van der Waals surface area contributed by atoms with Gasteiger partial charge in [-0.2, -0.15) is 13.2 Å². The molecule has 3 aliphatic heterocycles. The van der Waals surface area contributed by atoms with Gasteiger partial charge in [-0.15, -0.1) is 0 Å². The van der Waals surface area contributed by atoms with Crippen molar-refractivity contribution in [3.05, 3.63) is 47.5 Å². The van der Waals surface area contributed by atoms with E-state index >= 15 is 4.39 Å². The summed E-state index contributed by atoms with van der Waals surface area (Å²) in [4.78, 5) is 42.5. The molecule has 2 unspecified atom stereocenters. The van der Waals surface area contributed by atoms with Gasteiger partial charge in [-0.25, -0.2) is 14.4 Å². The van der Waals surface area contributed by atoms with Crippen LogP contribution in [0.5, 0.6) is 0 Å². The van der Waals surface area contributed by atoms with Crippen molar-refractivity contribution in [1.82, 2.24) is 25.1 Å². The van der Waals surface area contributed by atoms with E-state index in [1.54, 1.807) is 12.4 Å². The molecule has 250 valence electrons. The molecule has 2 aromatic rings. The number of nitrogens with one attached hydrogen (secondary N) is 2. The predicted molar refractivity (Wildman–Crippen MR) is 169 cm³/mol. The number of anilines is 3. The van der Waals surface area contributed by atoms with Crippen LogP contribution in [0.4, 0.5) is 34.9 Å². The summed E-state index contributed by atoms with van der Waals surface area (Å²) < 4.78 is 57.6. The first-order valence-corrected chi connectivity index (χ1v) is 15.6. The Morgan fingerprint density at radius 3 is 2.37 bits per heavy atom. The summed E-state index contributed by atoms with van der Waals surface area (Å²) in [5, 5.41) is 5.12. The monoisotopic (exact) mass is 646 g/mol. The maximum Gasteiger partial charge on any atom is 0.393 e. The number of rotatable bonds is 7. The van der Waals surface area contributed by atoms with Gasteiger partial charge in [0.2, 0.25) is 17.8 Å². The lowest BCUT2D eigenvalue weighted by Crippen LogP contribution is -2.55. The highest BCUT2D eigenvalue weighted by Gasteiger charge is 2.50. The van der Waals surface area contributed by atoms with Crippen molar-refractivity contribution in [3.8, 4) is 0 Å². The number of alkyl halides is 3. The number of halogens is 4. The first-order valence-electron chi connectivity index (χ1n) is 15.6. The van der Waals surface area contributed by atoms with Crippen molar-refractivity contribution in [3.63, 3.8) is 0 Å². The van der Waals surface area contributed by atoms with Crippen LogP contribution in [0, 0.1) is 17.7 Å².